The molecule has 1 saturated carbocycles. The van der Waals surface area contributed by atoms with Crippen molar-refractivity contribution in [3.8, 4) is 17.2 Å². The quantitative estimate of drug-likeness (QED) is 0.900. The number of rotatable bonds is 2. The van der Waals surface area contributed by atoms with Crippen molar-refractivity contribution in [1.29, 1.82) is 0 Å². The van der Waals surface area contributed by atoms with Crippen molar-refractivity contribution in [2.24, 2.45) is 5.92 Å². The Kier molecular flexibility index (Phi) is 2.97. The third-order valence-electron chi connectivity index (χ3n) is 3.69. The lowest BCUT2D eigenvalue weighted by atomic mass is 10.1. The average Bonchev–Trinajstić information content (AvgIpc) is 2.97. The van der Waals surface area contributed by atoms with Crippen LogP contribution in [0.1, 0.15) is 37.9 Å². The summed E-state index contributed by atoms with van der Waals surface area (Å²) in [6, 6.07) is 3.74. The van der Waals surface area contributed by atoms with E-state index in [9.17, 15) is 9.50 Å². The zero-order valence-electron chi connectivity index (χ0n) is 10.6. The second-order valence-corrected chi connectivity index (χ2v) is 5.23. The van der Waals surface area contributed by atoms with Crippen molar-refractivity contribution in [2.75, 3.05) is 0 Å². The predicted octanol–water partition coefficient (Wildman–Crippen LogP) is 3.48. The molecule has 4 nitrogen and oxygen atoms in total. The molecule has 1 aliphatic rings. The van der Waals surface area contributed by atoms with Crippen molar-refractivity contribution in [3.05, 3.63) is 29.8 Å². The minimum Gasteiger partial charge on any atom is -0.507 e. The van der Waals surface area contributed by atoms with Crippen LogP contribution in [0.25, 0.3) is 11.5 Å². The van der Waals surface area contributed by atoms with Gasteiger partial charge in [0.15, 0.2) is 5.82 Å². The Morgan fingerprint density at radius 1 is 1.37 bits per heavy atom. The van der Waals surface area contributed by atoms with E-state index in [1.54, 1.807) is 0 Å². The fourth-order valence-electron chi connectivity index (χ4n) is 2.64. The van der Waals surface area contributed by atoms with Crippen LogP contribution in [0.2, 0.25) is 0 Å². The molecule has 2 aromatic rings. The van der Waals surface area contributed by atoms with E-state index < -0.39 is 5.82 Å². The van der Waals surface area contributed by atoms with Gasteiger partial charge in [-0.3, -0.25) is 0 Å². The first-order valence-corrected chi connectivity index (χ1v) is 6.46. The minimum absolute atomic E-state index is 0.185. The minimum atomic E-state index is -0.495. The van der Waals surface area contributed by atoms with Crippen LogP contribution < -0.4 is 0 Å². The van der Waals surface area contributed by atoms with E-state index in [1.165, 1.54) is 18.6 Å². The second-order valence-electron chi connectivity index (χ2n) is 5.23. The normalized spacial score (nSPS) is 22.8. The standard InChI is InChI=1S/C14H15FN2O2/c1-8-2-3-9(6-8)13-16-14(19-17-13)11-5-4-10(15)7-12(11)18/h4-5,7-9,18H,2-3,6H2,1H3. The number of phenols is 1. The van der Waals surface area contributed by atoms with Crippen LogP contribution >= 0.6 is 0 Å². The smallest absolute Gasteiger partial charge is 0.261 e. The molecule has 2 atom stereocenters. The third-order valence-corrected chi connectivity index (χ3v) is 3.69. The van der Waals surface area contributed by atoms with Crippen molar-refractivity contribution in [1.82, 2.24) is 10.1 Å². The lowest BCUT2D eigenvalue weighted by Gasteiger charge is -2.02. The van der Waals surface area contributed by atoms with Gasteiger partial charge in [0.25, 0.3) is 5.89 Å². The topological polar surface area (TPSA) is 59.2 Å². The largest absolute Gasteiger partial charge is 0.507 e. The van der Waals surface area contributed by atoms with Crippen LogP contribution in [0.3, 0.4) is 0 Å². The summed E-state index contributed by atoms with van der Waals surface area (Å²) in [5.41, 5.74) is 0.367. The Hall–Kier alpha value is -1.91. The van der Waals surface area contributed by atoms with Crippen LogP contribution in [0.4, 0.5) is 4.39 Å². The molecule has 0 amide bonds. The molecule has 0 bridgehead atoms. The number of benzene rings is 1. The van der Waals surface area contributed by atoms with Gasteiger partial charge in [0.2, 0.25) is 0 Å². The van der Waals surface area contributed by atoms with Gasteiger partial charge in [-0.1, -0.05) is 12.1 Å². The number of hydrogen-bond acceptors (Lipinski definition) is 4. The first-order chi connectivity index (χ1) is 9.13. The van der Waals surface area contributed by atoms with Gasteiger partial charge >= 0.3 is 0 Å². The molecule has 1 heterocycles. The van der Waals surface area contributed by atoms with Crippen molar-refractivity contribution < 1.29 is 14.0 Å². The molecule has 0 saturated heterocycles. The van der Waals surface area contributed by atoms with E-state index in [1.807, 2.05) is 0 Å². The van der Waals surface area contributed by atoms with Crippen LogP contribution in [0.15, 0.2) is 22.7 Å². The maximum absolute atomic E-state index is 12.9. The van der Waals surface area contributed by atoms with Gasteiger partial charge in [0.05, 0.1) is 5.56 Å². The van der Waals surface area contributed by atoms with Crippen LogP contribution in [0, 0.1) is 11.7 Å². The fourth-order valence-corrected chi connectivity index (χ4v) is 2.64. The first-order valence-electron chi connectivity index (χ1n) is 6.46. The van der Waals surface area contributed by atoms with E-state index in [0.717, 1.165) is 18.9 Å². The number of nitrogens with zero attached hydrogens (tertiary/aromatic N) is 2. The Labute approximate surface area is 110 Å². The molecule has 1 aromatic heterocycles. The van der Waals surface area contributed by atoms with E-state index in [-0.39, 0.29) is 11.6 Å². The molecular formula is C14H15FN2O2. The molecule has 1 aliphatic carbocycles. The molecule has 0 aliphatic heterocycles. The second kappa shape index (κ2) is 4.64. The van der Waals surface area contributed by atoms with Crippen LogP contribution in [-0.4, -0.2) is 15.2 Å². The molecule has 0 radical (unpaired) electrons. The maximum Gasteiger partial charge on any atom is 0.261 e. The summed E-state index contributed by atoms with van der Waals surface area (Å²) < 4.78 is 18.1. The highest BCUT2D eigenvalue weighted by Gasteiger charge is 2.27. The Balaban J connectivity index is 1.88. The molecule has 1 aromatic carbocycles. The maximum atomic E-state index is 12.9. The first kappa shape index (κ1) is 12.1. The Bertz CT molecular complexity index is 597. The molecule has 2 unspecified atom stereocenters. The summed E-state index contributed by atoms with van der Waals surface area (Å²) in [4.78, 5) is 4.33. The van der Waals surface area contributed by atoms with Crippen molar-refractivity contribution >= 4 is 0 Å². The predicted molar refractivity (Wildman–Crippen MR) is 67.1 cm³/mol. The number of halogens is 1. The van der Waals surface area contributed by atoms with E-state index >= 15 is 0 Å². The van der Waals surface area contributed by atoms with Crippen molar-refractivity contribution in [3.63, 3.8) is 0 Å². The number of hydrogen-bond donors (Lipinski definition) is 1. The fraction of sp³-hybridized carbons (Fsp3) is 0.429. The molecule has 0 spiro atoms. The lowest BCUT2D eigenvalue weighted by Crippen LogP contribution is -1.96. The molecule has 19 heavy (non-hydrogen) atoms. The lowest BCUT2D eigenvalue weighted by molar-refractivity contribution is 0.410. The van der Waals surface area contributed by atoms with E-state index in [0.29, 0.717) is 23.2 Å². The summed E-state index contributed by atoms with van der Waals surface area (Å²) in [6.07, 6.45) is 3.31. The summed E-state index contributed by atoms with van der Waals surface area (Å²) in [5, 5.41) is 13.7. The summed E-state index contributed by atoms with van der Waals surface area (Å²) in [5.74, 6) is 1.26. The summed E-state index contributed by atoms with van der Waals surface area (Å²) >= 11 is 0. The highest BCUT2D eigenvalue weighted by molar-refractivity contribution is 5.61. The number of aromatic nitrogens is 2. The summed E-state index contributed by atoms with van der Waals surface area (Å²) in [6.45, 7) is 2.22. The molecule has 100 valence electrons. The molecular weight excluding hydrogens is 247 g/mol. The van der Waals surface area contributed by atoms with Gasteiger partial charge in [-0.2, -0.15) is 4.98 Å². The highest BCUT2D eigenvalue weighted by Crippen LogP contribution is 2.37. The van der Waals surface area contributed by atoms with Gasteiger partial charge in [-0.25, -0.2) is 4.39 Å². The average molecular weight is 262 g/mol. The molecule has 5 heteroatoms. The SMILES string of the molecule is CC1CCC(c2noc(-c3ccc(F)cc3O)n2)C1. The van der Waals surface area contributed by atoms with E-state index in [4.69, 9.17) is 4.52 Å². The third kappa shape index (κ3) is 2.32. The number of aromatic hydroxyl groups is 1. The van der Waals surface area contributed by atoms with Crippen LogP contribution in [0.5, 0.6) is 5.75 Å². The Morgan fingerprint density at radius 2 is 2.21 bits per heavy atom. The molecule has 1 fully saturated rings. The molecule has 3 rings (SSSR count). The van der Waals surface area contributed by atoms with Gasteiger partial charge < -0.3 is 9.63 Å². The van der Waals surface area contributed by atoms with Crippen LogP contribution in [-0.2, 0) is 0 Å². The van der Waals surface area contributed by atoms with Crippen molar-refractivity contribution in [2.45, 2.75) is 32.1 Å². The van der Waals surface area contributed by atoms with Gasteiger partial charge in [0.1, 0.15) is 11.6 Å². The van der Waals surface area contributed by atoms with E-state index in [2.05, 4.69) is 17.1 Å². The van der Waals surface area contributed by atoms with Gasteiger partial charge in [0, 0.05) is 12.0 Å². The Morgan fingerprint density at radius 3 is 2.89 bits per heavy atom. The zero-order valence-corrected chi connectivity index (χ0v) is 10.6. The summed E-state index contributed by atoms with van der Waals surface area (Å²) in [7, 11) is 0. The van der Waals surface area contributed by atoms with Gasteiger partial charge in [-0.15, -0.1) is 0 Å². The monoisotopic (exact) mass is 262 g/mol. The number of phenolic OH excluding ortho intramolecular Hbond substituents is 1. The highest BCUT2D eigenvalue weighted by atomic mass is 19.1. The van der Waals surface area contributed by atoms with Gasteiger partial charge in [-0.05, 0) is 37.3 Å². The zero-order chi connectivity index (χ0) is 13.4. The molecule has 1 N–H and O–H groups in total.